The summed E-state index contributed by atoms with van der Waals surface area (Å²) in [6.45, 7) is 9.76. The summed E-state index contributed by atoms with van der Waals surface area (Å²) in [5, 5.41) is 7.12. The van der Waals surface area contributed by atoms with Gasteiger partial charge in [-0.1, -0.05) is 11.6 Å². The van der Waals surface area contributed by atoms with E-state index in [2.05, 4.69) is 15.6 Å². The van der Waals surface area contributed by atoms with Gasteiger partial charge in [-0.05, 0) is 44.4 Å². The molecular formula is C21H35ClIN3O4. The van der Waals surface area contributed by atoms with Crippen LogP contribution in [0.3, 0.4) is 0 Å². The molecule has 2 N–H and O–H groups in total. The molecule has 0 amide bonds. The van der Waals surface area contributed by atoms with Crippen molar-refractivity contribution in [2.45, 2.75) is 33.2 Å². The van der Waals surface area contributed by atoms with Crippen molar-refractivity contribution < 1.29 is 18.9 Å². The molecule has 30 heavy (non-hydrogen) atoms. The van der Waals surface area contributed by atoms with Gasteiger partial charge in [0, 0.05) is 32.2 Å². The van der Waals surface area contributed by atoms with Crippen molar-refractivity contribution in [3.8, 4) is 11.5 Å². The van der Waals surface area contributed by atoms with Crippen LogP contribution in [0.4, 0.5) is 0 Å². The van der Waals surface area contributed by atoms with Gasteiger partial charge in [-0.25, -0.2) is 4.99 Å². The number of guanidine groups is 1. The van der Waals surface area contributed by atoms with Crippen molar-refractivity contribution in [3.63, 3.8) is 0 Å². The normalized spacial score (nSPS) is 16.1. The number of nitrogens with zero attached hydrogens (tertiary/aromatic N) is 1. The second-order valence-electron chi connectivity index (χ2n) is 6.82. The largest absolute Gasteiger partial charge is 0.493 e. The highest BCUT2D eigenvalue weighted by atomic mass is 127. The van der Waals surface area contributed by atoms with Crippen LogP contribution in [0.1, 0.15) is 32.3 Å². The first-order chi connectivity index (χ1) is 14.2. The number of hydrogen-bond donors (Lipinski definition) is 2. The zero-order valence-corrected chi connectivity index (χ0v) is 21.3. The summed E-state index contributed by atoms with van der Waals surface area (Å²) in [6, 6.07) is 3.77. The number of rotatable bonds is 12. The summed E-state index contributed by atoms with van der Waals surface area (Å²) in [5.74, 6) is 2.51. The predicted octanol–water partition coefficient (Wildman–Crippen LogP) is 3.86. The summed E-state index contributed by atoms with van der Waals surface area (Å²) >= 11 is 6.34. The third-order valence-corrected chi connectivity index (χ3v) is 4.76. The minimum Gasteiger partial charge on any atom is -0.493 e. The lowest BCUT2D eigenvalue weighted by molar-refractivity contribution is 0.0888. The molecule has 0 saturated carbocycles. The van der Waals surface area contributed by atoms with Gasteiger partial charge in [-0.2, -0.15) is 0 Å². The monoisotopic (exact) mass is 555 g/mol. The van der Waals surface area contributed by atoms with E-state index in [0.29, 0.717) is 35.6 Å². The predicted molar refractivity (Wildman–Crippen MR) is 132 cm³/mol. The lowest BCUT2D eigenvalue weighted by atomic mass is 10.1. The Morgan fingerprint density at radius 2 is 2.13 bits per heavy atom. The second kappa shape index (κ2) is 15.8. The molecule has 172 valence electrons. The van der Waals surface area contributed by atoms with Gasteiger partial charge in [-0.15, -0.1) is 24.0 Å². The Balaban J connectivity index is 0.00000450. The van der Waals surface area contributed by atoms with E-state index in [1.807, 2.05) is 26.0 Å². The van der Waals surface area contributed by atoms with Gasteiger partial charge < -0.3 is 29.6 Å². The number of methoxy groups -OCH3 is 1. The first-order valence-corrected chi connectivity index (χ1v) is 10.7. The van der Waals surface area contributed by atoms with E-state index in [1.54, 1.807) is 7.11 Å². The Morgan fingerprint density at radius 1 is 1.30 bits per heavy atom. The molecule has 0 aliphatic carbocycles. The van der Waals surface area contributed by atoms with Crippen LogP contribution in [0.15, 0.2) is 17.1 Å². The number of aliphatic imine (C=N–C) groups is 1. The molecule has 1 heterocycles. The van der Waals surface area contributed by atoms with Crippen molar-refractivity contribution in [1.82, 2.24) is 10.6 Å². The van der Waals surface area contributed by atoms with Crippen LogP contribution in [0, 0.1) is 5.92 Å². The van der Waals surface area contributed by atoms with Crippen LogP contribution >= 0.6 is 35.6 Å². The molecule has 1 atom stereocenters. The summed E-state index contributed by atoms with van der Waals surface area (Å²) in [7, 11) is 1.61. The molecule has 0 bridgehead atoms. The van der Waals surface area contributed by atoms with Crippen molar-refractivity contribution in [2.24, 2.45) is 10.9 Å². The summed E-state index contributed by atoms with van der Waals surface area (Å²) in [6.07, 6.45) is 2.02. The molecule has 0 aromatic heterocycles. The molecule has 2 rings (SSSR count). The van der Waals surface area contributed by atoms with Crippen molar-refractivity contribution in [1.29, 1.82) is 0 Å². The Bertz CT molecular complexity index is 643. The zero-order valence-electron chi connectivity index (χ0n) is 18.2. The fourth-order valence-electron chi connectivity index (χ4n) is 3.01. The molecule has 1 aromatic carbocycles. The number of hydrogen-bond acceptors (Lipinski definition) is 5. The molecule has 1 aliphatic rings. The maximum absolute atomic E-state index is 6.34. The lowest BCUT2D eigenvalue weighted by Crippen LogP contribution is -2.38. The Labute approximate surface area is 202 Å². The smallest absolute Gasteiger partial charge is 0.191 e. The van der Waals surface area contributed by atoms with Gasteiger partial charge in [0.1, 0.15) is 0 Å². The van der Waals surface area contributed by atoms with Gasteiger partial charge in [0.2, 0.25) is 0 Å². The molecule has 1 saturated heterocycles. The SMILES string of the molecule is CCNC(=NCc1cc(Cl)c(OCC)c(OC)c1)NCCCOCC1CCOC1.I. The third-order valence-electron chi connectivity index (χ3n) is 4.48. The van der Waals surface area contributed by atoms with Crippen LogP contribution in [0.25, 0.3) is 0 Å². The minimum absolute atomic E-state index is 0. The van der Waals surface area contributed by atoms with E-state index in [9.17, 15) is 0 Å². The summed E-state index contributed by atoms with van der Waals surface area (Å²) in [4.78, 5) is 4.64. The average molecular weight is 556 g/mol. The zero-order chi connectivity index (χ0) is 20.9. The standard InChI is InChI=1S/C21H34ClN3O4.HI/c1-4-23-21(24-8-6-9-27-14-16-7-10-28-15-16)25-13-17-11-18(22)20(29-5-2)19(12-17)26-3;/h11-12,16H,4-10,13-15H2,1-3H3,(H2,23,24,25);1H. The lowest BCUT2D eigenvalue weighted by Gasteiger charge is -2.14. The van der Waals surface area contributed by atoms with Crippen LogP contribution in [0.2, 0.25) is 5.02 Å². The fraction of sp³-hybridized carbons (Fsp3) is 0.667. The molecule has 9 heteroatoms. The molecule has 1 aromatic rings. The van der Waals surface area contributed by atoms with Crippen molar-refractivity contribution in [2.75, 3.05) is 53.2 Å². The molecule has 1 aliphatic heterocycles. The average Bonchev–Trinajstić information content (AvgIpc) is 3.23. The fourth-order valence-corrected chi connectivity index (χ4v) is 3.29. The summed E-state index contributed by atoms with van der Waals surface area (Å²) < 4.78 is 22.1. The topological polar surface area (TPSA) is 73.3 Å². The molecule has 0 spiro atoms. The minimum atomic E-state index is 0. The van der Waals surface area contributed by atoms with Crippen LogP contribution in [-0.2, 0) is 16.0 Å². The molecule has 1 fully saturated rings. The van der Waals surface area contributed by atoms with E-state index < -0.39 is 0 Å². The van der Waals surface area contributed by atoms with Gasteiger partial charge in [-0.3, -0.25) is 0 Å². The van der Waals surface area contributed by atoms with E-state index in [4.69, 9.17) is 30.5 Å². The first kappa shape index (κ1) is 27.1. The summed E-state index contributed by atoms with van der Waals surface area (Å²) in [5.41, 5.74) is 0.953. The van der Waals surface area contributed by atoms with Gasteiger partial charge in [0.05, 0.1) is 38.5 Å². The Kier molecular flexibility index (Phi) is 14.2. The third kappa shape index (κ3) is 9.45. The molecular weight excluding hydrogens is 521 g/mol. The van der Waals surface area contributed by atoms with Crippen LogP contribution in [0.5, 0.6) is 11.5 Å². The van der Waals surface area contributed by atoms with E-state index in [-0.39, 0.29) is 24.0 Å². The molecule has 1 unspecified atom stereocenters. The van der Waals surface area contributed by atoms with Crippen molar-refractivity contribution >= 4 is 41.5 Å². The van der Waals surface area contributed by atoms with Crippen LogP contribution < -0.4 is 20.1 Å². The number of nitrogens with one attached hydrogen (secondary N) is 2. The maximum atomic E-state index is 6.34. The van der Waals surface area contributed by atoms with Gasteiger partial charge in [0.15, 0.2) is 17.5 Å². The molecule has 7 nitrogen and oxygen atoms in total. The number of benzene rings is 1. The molecule has 0 radical (unpaired) electrons. The number of halogens is 2. The van der Waals surface area contributed by atoms with E-state index in [1.165, 1.54) is 0 Å². The second-order valence-corrected chi connectivity index (χ2v) is 7.23. The first-order valence-electron chi connectivity index (χ1n) is 10.3. The highest BCUT2D eigenvalue weighted by Gasteiger charge is 2.15. The Morgan fingerprint density at radius 3 is 2.80 bits per heavy atom. The van der Waals surface area contributed by atoms with E-state index >= 15 is 0 Å². The highest BCUT2D eigenvalue weighted by molar-refractivity contribution is 14.0. The van der Waals surface area contributed by atoms with Crippen LogP contribution in [-0.4, -0.2) is 59.2 Å². The van der Waals surface area contributed by atoms with Crippen molar-refractivity contribution in [3.05, 3.63) is 22.7 Å². The Hall–Kier alpha value is -0.970. The quantitative estimate of drug-likeness (QED) is 0.177. The highest BCUT2D eigenvalue weighted by Crippen LogP contribution is 2.36. The van der Waals surface area contributed by atoms with Gasteiger partial charge in [0.25, 0.3) is 0 Å². The number of ether oxygens (including phenoxy) is 4. The maximum Gasteiger partial charge on any atom is 0.191 e. The van der Waals surface area contributed by atoms with E-state index in [0.717, 1.165) is 63.9 Å². The van der Waals surface area contributed by atoms with Gasteiger partial charge >= 0.3 is 0 Å².